The van der Waals surface area contributed by atoms with Crippen molar-refractivity contribution in [1.29, 1.82) is 0 Å². The summed E-state index contributed by atoms with van der Waals surface area (Å²) in [6.45, 7) is 13.0. The molecule has 4 aliphatic rings. The summed E-state index contributed by atoms with van der Waals surface area (Å²) in [6, 6.07) is 0. The Balaban J connectivity index is 1.42. The number of rotatable bonds is 6. The van der Waals surface area contributed by atoms with Gasteiger partial charge in [-0.15, -0.1) is 0 Å². The van der Waals surface area contributed by atoms with E-state index in [1.165, 1.54) is 0 Å². The minimum atomic E-state index is -5.36. The normalized spacial score (nSPS) is 34.2. The van der Waals surface area contributed by atoms with Crippen LogP contribution in [-0.4, -0.2) is 35.8 Å². The molecule has 4 rings (SSSR count). The monoisotopic (exact) mass is 596 g/mol. The molecule has 0 aromatic rings. The molecule has 8 heteroatoms. The standard InChI is InChI=1S/C33H54F6O2/c1-27(2)15-19-29(5,20-16-27)40-25-11-7-23(8-12-25)31(32(34,35)36,33(37,38)39)24-9-13-26(14-10-24)41-30(6)21-17-28(3,4)18-22-30/h23-26H,7-22H2,1-6H3. The van der Waals surface area contributed by atoms with Gasteiger partial charge in [-0.1, -0.05) is 27.7 Å². The number of hydrogen-bond donors (Lipinski definition) is 0. The molecule has 0 heterocycles. The third-order valence-electron chi connectivity index (χ3n) is 11.8. The second kappa shape index (κ2) is 11.5. The zero-order valence-electron chi connectivity index (χ0n) is 26.2. The molecule has 4 aliphatic carbocycles. The van der Waals surface area contributed by atoms with Crippen molar-refractivity contribution in [2.45, 2.75) is 180 Å². The van der Waals surface area contributed by atoms with Crippen molar-refractivity contribution in [2.75, 3.05) is 0 Å². The molecule has 0 amide bonds. The van der Waals surface area contributed by atoms with E-state index in [1.54, 1.807) is 0 Å². The van der Waals surface area contributed by atoms with Crippen LogP contribution in [0, 0.1) is 28.1 Å². The first-order chi connectivity index (χ1) is 18.7. The van der Waals surface area contributed by atoms with E-state index in [0.29, 0.717) is 0 Å². The van der Waals surface area contributed by atoms with Gasteiger partial charge in [-0.2, -0.15) is 26.3 Å². The lowest BCUT2D eigenvalue weighted by molar-refractivity contribution is -0.383. The molecule has 0 atom stereocenters. The van der Waals surface area contributed by atoms with Gasteiger partial charge in [0.2, 0.25) is 0 Å². The topological polar surface area (TPSA) is 18.5 Å². The smallest absolute Gasteiger partial charge is 0.372 e. The number of ether oxygens (including phenoxy) is 2. The van der Waals surface area contributed by atoms with Gasteiger partial charge >= 0.3 is 12.4 Å². The van der Waals surface area contributed by atoms with Crippen LogP contribution in [0.1, 0.15) is 144 Å². The van der Waals surface area contributed by atoms with Gasteiger partial charge in [0.25, 0.3) is 0 Å². The van der Waals surface area contributed by atoms with Gasteiger partial charge in [-0.25, -0.2) is 0 Å². The summed E-state index contributed by atoms with van der Waals surface area (Å²) in [4.78, 5) is 0. The van der Waals surface area contributed by atoms with Crippen LogP contribution in [0.2, 0.25) is 0 Å². The highest BCUT2D eigenvalue weighted by Crippen LogP contribution is 2.65. The quantitative estimate of drug-likeness (QED) is 0.284. The van der Waals surface area contributed by atoms with Crippen molar-refractivity contribution in [3.63, 3.8) is 0 Å². The predicted octanol–water partition coefficient (Wildman–Crippen LogP) is 11.0. The summed E-state index contributed by atoms with van der Waals surface area (Å²) in [6.07, 6.45) is -3.14. The van der Waals surface area contributed by atoms with Crippen molar-refractivity contribution < 1.29 is 35.8 Å². The van der Waals surface area contributed by atoms with E-state index >= 15 is 0 Å². The van der Waals surface area contributed by atoms with Gasteiger partial charge in [-0.3, -0.25) is 0 Å². The predicted molar refractivity (Wildman–Crippen MR) is 150 cm³/mol. The molecule has 0 spiro atoms. The molecular formula is C33H54F6O2. The zero-order valence-corrected chi connectivity index (χ0v) is 26.2. The van der Waals surface area contributed by atoms with E-state index in [4.69, 9.17) is 9.47 Å². The van der Waals surface area contributed by atoms with Crippen LogP contribution in [0.4, 0.5) is 26.3 Å². The highest BCUT2D eigenvalue weighted by molar-refractivity contribution is 5.05. The van der Waals surface area contributed by atoms with Gasteiger partial charge < -0.3 is 9.47 Å². The lowest BCUT2D eigenvalue weighted by Crippen LogP contribution is -2.61. The molecule has 0 radical (unpaired) electrons. The lowest BCUT2D eigenvalue weighted by atomic mass is 9.57. The number of hydrogen-bond acceptors (Lipinski definition) is 2. The first-order valence-electron chi connectivity index (χ1n) is 16.2. The van der Waals surface area contributed by atoms with E-state index in [9.17, 15) is 26.3 Å². The highest BCUT2D eigenvalue weighted by atomic mass is 19.4. The maximum atomic E-state index is 14.9. The highest BCUT2D eigenvalue weighted by Gasteiger charge is 2.76. The summed E-state index contributed by atoms with van der Waals surface area (Å²) >= 11 is 0. The van der Waals surface area contributed by atoms with Gasteiger partial charge in [0, 0.05) is 0 Å². The largest absolute Gasteiger partial charge is 0.403 e. The summed E-state index contributed by atoms with van der Waals surface area (Å²) in [5.41, 5.74) is -3.88. The van der Waals surface area contributed by atoms with Crippen LogP contribution in [-0.2, 0) is 9.47 Å². The first-order valence-corrected chi connectivity index (χ1v) is 16.2. The Morgan fingerprint density at radius 3 is 0.951 bits per heavy atom. The van der Waals surface area contributed by atoms with Crippen LogP contribution in [0.25, 0.3) is 0 Å². The molecule has 0 N–H and O–H groups in total. The van der Waals surface area contributed by atoms with Crippen LogP contribution in [0.15, 0.2) is 0 Å². The summed E-state index contributed by atoms with van der Waals surface area (Å²) in [5.74, 6) is -2.94. The van der Waals surface area contributed by atoms with Crippen LogP contribution in [0.5, 0.6) is 0 Å². The Kier molecular flexibility index (Phi) is 9.33. The van der Waals surface area contributed by atoms with E-state index in [-0.39, 0.29) is 85.6 Å². The zero-order chi connectivity index (χ0) is 30.5. The SMILES string of the molecule is CC1(C)CCC(C)(OC2CCC(C(C3CCC(OC4(C)CCC(C)(C)CC4)CC3)(C(F)(F)F)C(F)(F)F)CC2)CC1. The van der Waals surface area contributed by atoms with Crippen LogP contribution in [0.3, 0.4) is 0 Å². The second-order valence-corrected chi connectivity index (χ2v) is 16.3. The van der Waals surface area contributed by atoms with Crippen LogP contribution < -0.4 is 0 Å². The molecule has 4 fully saturated rings. The summed E-state index contributed by atoms with van der Waals surface area (Å²) in [7, 11) is 0. The van der Waals surface area contributed by atoms with Crippen molar-refractivity contribution in [3.05, 3.63) is 0 Å². The average Bonchev–Trinajstić information content (AvgIpc) is 2.84. The Morgan fingerprint density at radius 2 is 0.707 bits per heavy atom. The van der Waals surface area contributed by atoms with E-state index in [0.717, 1.165) is 51.4 Å². The molecule has 0 unspecified atom stereocenters. The molecule has 0 bridgehead atoms. The Bertz CT molecular complexity index is 783. The van der Waals surface area contributed by atoms with Gasteiger partial charge in [0.05, 0.1) is 23.4 Å². The molecule has 2 nitrogen and oxygen atoms in total. The fourth-order valence-corrected chi connectivity index (χ4v) is 8.64. The molecule has 41 heavy (non-hydrogen) atoms. The third kappa shape index (κ3) is 7.26. The number of alkyl halides is 6. The molecule has 240 valence electrons. The van der Waals surface area contributed by atoms with Crippen molar-refractivity contribution in [3.8, 4) is 0 Å². The summed E-state index contributed by atoms with van der Waals surface area (Å²) in [5, 5.41) is 0. The Morgan fingerprint density at radius 1 is 0.439 bits per heavy atom. The number of halogens is 6. The van der Waals surface area contributed by atoms with Crippen molar-refractivity contribution in [2.24, 2.45) is 28.1 Å². The maximum Gasteiger partial charge on any atom is 0.403 e. The summed E-state index contributed by atoms with van der Waals surface area (Å²) < 4.78 is 102. The average molecular weight is 597 g/mol. The van der Waals surface area contributed by atoms with Gasteiger partial charge in [0.1, 0.15) is 0 Å². The minimum Gasteiger partial charge on any atom is -0.372 e. The second-order valence-electron chi connectivity index (χ2n) is 16.3. The molecule has 0 aromatic carbocycles. The van der Waals surface area contributed by atoms with Gasteiger partial charge in [0.15, 0.2) is 5.41 Å². The molecule has 0 saturated heterocycles. The van der Waals surface area contributed by atoms with E-state index < -0.39 is 29.6 Å². The van der Waals surface area contributed by atoms with E-state index in [1.807, 2.05) is 0 Å². The van der Waals surface area contributed by atoms with Crippen molar-refractivity contribution >= 4 is 0 Å². The molecule has 0 aromatic heterocycles. The first kappa shape index (κ1) is 33.4. The van der Waals surface area contributed by atoms with Crippen molar-refractivity contribution in [1.82, 2.24) is 0 Å². The molecular weight excluding hydrogens is 542 g/mol. The lowest BCUT2D eigenvalue weighted by Gasteiger charge is -2.52. The molecule has 0 aliphatic heterocycles. The maximum absolute atomic E-state index is 14.9. The van der Waals surface area contributed by atoms with E-state index in [2.05, 4.69) is 41.5 Å². The fourth-order valence-electron chi connectivity index (χ4n) is 8.64. The molecule has 4 saturated carbocycles. The Labute approximate surface area is 244 Å². The minimum absolute atomic E-state index is 0.102. The van der Waals surface area contributed by atoms with Crippen LogP contribution >= 0.6 is 0 Å². The Hall–Kier alpha value is -0.500. The fraction of sp³-hybridized carbons (Fsp3) is 1.00. The van der Waals surface area contributed by atoms with Gasteiger partial charge in [-0.05, 0) is 139 Å². The third-order valence-corrected chi connectivity index (χ3v) is 11.8.